The number of piperidine rings is 1. The van der Waals surface area contributed by atoms with Crippen LogP contribution in [0.2, 0.25) is 0 Å². The van der Waals surface area contributed by atoms with Gasteiger partial charge in [-0.25, -0.2) is 4.68 Å². The van der Waals surface area contributed by atoms with E-state index in [9.17, 15) is 4.79 Å². The molecule has 2 aromatic rings. The average molecular weight is 465 g/mol. The summed E-state index contributed by atoms with van der Waals surface area (Å²) >= 11 is 0. The van der Waals surface area contributed by atoms with E-state index < -0.39 is 0 Å². The summed E-state index contributed by atoms with van der Waals surface area (Å²) in [5, 5.41) is 7.83. The molecule has 6 nitrogen and oxygen atoms in total. The van der Waals surface area contributed by atoms with Crippen LogP contribution in [-0.2, 0) is 0 Å². The first-order valence-electron chi connectivity index (χ1n) is 13.5. The average Bonchev–Trinajstić information content (AvgIpc) is 3.28. The summed E-state index contributed by atoms with van der Waals surface area (Å²) in [6.45, 7) is 4.24. The molecule has 34 heavy (non-hydrogen) atoms. The van der Waals surface area contributed by atoms with E-state index in [0.29, 0.717) is 5.69 Å². The molecule has 3 fully saturated rings. The molecule has 6 heteroatoms. The molecule has 1 N–H and O–H groups in total. The predicted octanol–water partition coefficient (Wildman–Crippen LogP) is 5.42. The summed E-state index contributed by atoms with van der Waals surface area (Å²) < 4.78 is 8.09. The van der Waals surface area contributed by atoms with Gasteiger partial charge in [0.25, 0.3) is 5.91 Å². The van der Waals surface area contributed by atoms with Crippen molar-refractivity contribution in [1.29, 1.82) is 0 Å². The van der Waals surface area contributed by atoms with E-state index in [2.05, 4.69) is 15.3 Å². The van der Waals surface area contributed by atoms with Crippen molar-refractivity contribution in [2.45, 2.75) is 102 Å². The van der Waals surface area contributed by atoms with Gasteiger partial charge in [-0.3, -0.25) is 4.79 Å². The van der Waals surface area contributed by atoms with Crippen molar-refractivity contribution in [3.63, 3.8) is 0 Å². The van der Waals surface area contributed by atoms with Crippen LogP contribution in [0.3, 0.4) is 0 Å². The number of ether oxygens (including phenoxy) is 1. The summed E-state index contributed by atoms with van der Waals surface area (Å²) in [5.41, 5.74) is 2.34. The Morgan fingerprint density at radius 3 is 2.24 bits per heavy atom. The van der Waals surface area contributed by atoms with Crippen LogP contribution < -0.4 is 10.1 Å². The zero-order valence-electron chi connectivity index (χ0n) is 20.7. The first-order valence-corrected chi connectivity index (χ1v) is 13.5. The van der Waals surface area contributed by atoms with Crippen LogP contribution in [0.5, 0.6) is 5.75 Å². The van der Waals surface area contributed by atoms with Crippen LogP contribution in [0, 0.1) is 6.92 Å². The third-order valence-electron chi connectivity index (χ3n) is 7.96. The van der Waals surface area contributed by atoms with Crippen molar-refractivity contribution in [2.75, 3.05) is 13.1 Å². The number of aromatic nitrogens is 2. The summed E-state index contributed by atoms with van der Waals surface area (Å²) in [7, 11) is 0. The first-order chi connectivity index (χ1) is 16.7. The number of carbonyl (C=O) groups is 1. The predicted molar refractivity (Wildman–Crippen MR) is 135 cm³/mol. The monoisotopic (exact) mass is 464 g/mol. The summed E-state index contributed by atoms with van der Waals surface area (Å²) in [6, 6.07) is 11.0. The van der Waals surface area contributed by atoms with E-state index in [0.717, 1.165) is 61.9 Å². The number of likely N-dealkylation sites (tertiary alicyclic amines) is 1. The van der Waals surface area contributed by atoms with Crippen molar-refractivity contribution in [3.05, 3.63) is 41.7 Å². The van der Waals surface area contributed by atoms with Gasteiger partial charge in [0.2, 0.25) is 0 Å². The van der Waals surface area contributed by atoms with E-state index in [1.807, 2.05) is 37.3 Å². The molecule has 1 aliphatic heterocycles. The second-order valence-electron chi connectivity index (χ2n) is 10.5. The minimum Gasteiger partial charge on any atom is -0.490 e. The molecular weight excluding hydrogens is 424 g/mol. The lowest BCUT2D eigenvalue weighted by atomic mass is 9.92. The second-order valence-corrected chi connectivity index (χ2v) is 10.5. The van der Waals surface area contributed by atoms with Gasteiger partial charge in [-0.05, 0) is 75.8 Å². The lowest BCUT2D eigenvalue weighted by Gasteiger charge is -2.39. The highest BCUT2D eigenvalue weighted by Gasteiger charge is 2.27. The Morgan fingerprint density at radius 1 is 0.912 bits per heavy atom. The topological polar surface area (TPSA) is 59.4 Å². The van der Waals surface area contributed by atoms with Gasteiger partial charge < -0.3 is 15.0 Å². The molecule has 1 saturated heterocycles. The van der Waals surface area contributed by atoms with E-state index >= 15 is 0 Å². The van der Waals surface area contributed by atoms with Gasteiger partial charge in [-0.1, -0.05) is 38.5 Å². The number of nitrogens with one attached hydrogen (secondary N) is 1. The van der Waals surface area contributed by atoms with Crippen LogP contribution in [0.25, 0.3) is 5.69 Å². The van der Waals surface area contributed by atoms with Crippen LogP contribution >= 0.6 is 0 Å². The van der Waals surface area contributed by atoms with Crippen molar-refractivity contribution < 1.29 is 9.53 Å². The molecule has 0 radical (unpaired) electrons. The molecule has 1 amide bonds. The number of rotatable bonds is 6. The van der Waals surface area contributed by atoms with Crippen molar-refractivity contribution in [3.8, 4) is 11.4 Å². The Morgan fingerprint density at radius 2 is 1.56 bits per heavy atom. The number of hydrogen-bond acceptors (Lipinski definition) is 4. The zero-order chi connectivity index (χ0) is 23.3. The summed E-state index contributed by atoms with van der Waals surface area (Å²) in [5.74, 6) is 0.870. The Kier molecular flexibility index (Phi) is 7.53. The van der Waals surface area contributed by atoms with Crippen LogP contribution in [0.1, 0.15) is 93.2 Å². The molecule has 2 aliphatic carbocycles. The SMILES string of the molecule is Cc1cc(C(=O)NC2CCCCC2)n(-c2ccc(OC3CCN(C4CCCCC4)CC3)cc2)n1. The van der Waals surface area contributed by atoms with E-state index in [1.165, 1.54) is 51.4 Å². The standard InChI is InChI=1S/C28H40N4O2/c1-21-20-27(28(33)29-22-8-4-2-5-9-22)32(30-21)24-12-14-25(15-13-24)34-26-16-18-31(19-17-26)23-10-6-3-7-11-23/h12-15,20,22-23,26H,2-11,16-19H2,1H3,(H,29,33). The lowest BCUT2D eigenvalue weighted by molar-refractivity contribution is 0.0631. The molecule has 2 heterocycles. The maximum Gasteiger partial charge on any atom is 0.270 e. The fourth-order valence-electron chi connectivity index (χ4n) is 6.03. The molecule has 3 aliphatic rings. The minimum absolute atomic E-state index is 0.0300. The number of amides is 1. The normalized spacial score (nSPS) is 21.4. The Bertz CT molecular complexity index is 934. The molecular formula is C28H40N4O2. The van der Waals surface area contributed by atoms with E-state index in [1.54, 1.807) is 4.68 Å². The molecule has 2 saturated carbocycles. The van der Waals surface area contributed by atoms with Gasteiger partial charge in [-0.15, -0.1) is 0 Å². The molecule has 1 aromatic heterocycles. The maximum atomic E-state index is 13.0. The number of carbonyl (C=O) groups excluding carboxylic acids is 1. The number of benzene rings is 1. The van der Waals surface area contributed by atoms with E-state index in [4.69, 9.17) is 4.74 Å². The van der Waals surface area contributed by atoms with Gasteiger partial charge in [0, 0.05) is 25.2 Å². The minimum atomic E-state index is -0.0300. The smallest absolute Gasteiger partial charge is 0.270 e. The molecule has 0 bridgehead atoms. The second kappa shape index (κ2) is 10.9. The highest BCUT2D eigenvalue weighted by atomic mass is 16.5. The number of nitrogens with zero attached hydrogens (tertiary/aromatic N) is 3. The molecule has 0 atom stereocenters. The molecule has 0 spiro atoms. The highest BCUT2D eigenvalue weighted by molar-refractivity contribution is 5.93. The van der Waals surface area contributed by atoms with Gasteiger partial charge in [-0.2, -0.15) is 5.10 Å². The first kappa shape index (κ1) is 23.4. The van der Waals surface area contributed by atoms with Crippen LogP contribution in [-0.4, -0.2) is 51.9 Å². The van der Waals surface area contributed by atoms with Crippen molar-refractivity contribution >= 4 is 5.91 Å². The summed E-state index contributed by atoms with van der Waals surface area (Å²) in [6.07, 6.45) is 15.3. The fourth-order valence-corrected chi connectivity index (χ4v) is 6.03. The van der Waals surface area contributed by atoms with Gasteiger partial charge in [0.1, 0.15) is 17.5 Å². The summed E-state index contributed by atoms with van der Waals surface area (Å²) in [4.78, 5) is 15.7. The zero-order valence-corrected chi connectivity index (χ0v) is 20.7. The van der Waals surface area contributed by atoms with E-state index in [-0.39, 0.29) is 18.1 Å². The third kappa shape index (κ3) is 5.65. The fraction of sp³-hybridized carbons (Fsp3) is 0.643. The molecule has 1 aromatic carbocycles. The Hall–Kier alpha value is -2.34. The quantitative estimate of drug-likeness (QED) is 0.620. The lowest BCUT2D eigenvalue weighted by Crippen LogP contribution is -2.44. The Labute approximate surface area is 204 Å². The van der Waals surface area contributed by atoms with Gasteiger partial charge >= 0.3 is 0 Å². The van der Waals surface area contributed by atoms with Crippen molar-refractivity contribution in [2.24, 2.45) is 0 Å². The van der Waals surface area contributed by atoms with Gasteiger partial charge in [0.05, 0.1) is 11.4 Å². The third-order valence-corrected chi connectivity index (χ3v) is 7.96. The van der Waals surface area contributed by atoms with Crippen molar-refractivity contribution in [1.82, 2.24) is 20.0 Å². The van der Waals surface area contributed by atoms with Gasteiger partial charge in [0.15, 0.2) is 0 Å². The maximum absolute atomic E-state index is 13.0. The molecule has 0 unspecified atom stereocenters. The van der Waals surface area contributed by atoms with Crippen LogP contribution in [0.4, 0.5) is 0 Å². The molecule has 184 valence electrons. The molecule has 5 rings (SSSR count). The number of aryl methyl sites for hydroxylation is 1. The number of hydrogen-bond donors (Lipinski definition) is 1. The Balaban J connectivity index is 1.18. The largest absolute Gasteiger partial charge is 0.490 e. The van der Waals surface area contributed by atoms with Crippen LogP contribution in [0.15, 0.2) is 30.3 Å². The highest BCUT2D eigenvalue weighted by Crippen LogP contribution is 2.27.